The van der Waals surface area contributed by atoms with Crippen molar-refractivity contribution in [2.24, 2.45) is 5.92 Å². The zero-order valence-electron chi connectivity index (χ0n) is 13.6. The summed E-state index contributed by atoms with van der Waals surface area (Å²) < 4.78 is 5.41. The van der Waals surface area contributed by atoms with Gasteiger partial charge < -0.3 is 10.1 Å². The molecule has 0 spiro atoms. The van der Waals surface area contributed by atoms with Gasteiger partial charge in [-0.15, -0.1) is 0 Å². The monoisotopic (exact) mass is 288 g/mol. The van der Waals surface area contributed by atoms with Crippen LogP contribution in [0.3, 0.4) is 0 Å². The minimum atomic E-state index is 0.431. The summed E-state index contributed by atoms with van der Waals surface area (Å²) in [5.74, 6) is 1.92. The summed E-state index contributed by atoms with van der Waals surface area (Å²) in [5.41, 5.74) is 2.91. The number of nitrogens with zero attached hydrogens (tertiary/aromatic N) is 1. The number of benzene rings is 1. The molecule has 1 fully saturated rings. The normalized spacial score (nSPS) is 24.4. The average molecular weight is 288 g/mol. The van der Waals surface area contributed by atoms with E-state index >= 15 is 0 Å². The van der Waals surface area contributed by atoms with Crippen molar-refractivity contribution in [2.45, 2.75) is 44.7 Å². The lowest BCUT2D eigenvalue weighted by atomic mass is 10.1. The van der Waals surface area contributed by atoms with Gasteiger partial charge in [0.15, 0.2) is 0 Å². The molecule has 0 heterocycles. The minimum absolute atomic E-state index is 0.431. The molecule has 1 N–H and O–H groups in total. The van der Waals surface area contributed by atoms with Gasteiger partial charge in [0.25, 0.3) is 0 Å². The Labute approximate surface area is 128 Å². The second-order valence-corrected chi connectivity index (χ2v) is 6.54. The van der Waals surface area contributed by atoms with Gasteiger partial charge in [-0.25, -0.2) is 0 Å². The Kier molecular flexibility index (Phi) is 4.51. The van der Waals surface area contributed by atoms with Gasteiger partial charge in [-0.3, -0.25) is 4.90 Å². The molecule has 1 saturated carbocycles. The Morgan fingerprint density at radius 2 is 2.14 bits per heavy atom. The number of ether oxygens (including phenoxy) is 1. The Morgan fingerprint density at radius 3 is 2.76 bits per heavy atom. The number of nitrogens with one attached hydrogen (secondary N) is 1. The highest BCUT2D eigenvalue weighted by Gasteiger charge is 2.37. The topological polar surface area (TPSA) is 24.5 Å². The third-order valence-corrected chi connectivity index (χ3v) is 4.98. The lowest BCUT2D eigenvalue weighted by Crippen LogP contribution is -2.43. The molecule has 2 aliphatic carbocycles. The number of likely N-dealkylation sites (N-methyl/N-ethyl adjacent to an activating group) is 1. The molecule has 1 aromatic rings. The van der Waals surface area contributed by atoms with Gasteiger partial charge in [0, 0.05) is 18.6 Å². The fourth-order valence-corrected chi connectivity index (χ4v) is 3.73. The van der Waals surface area contributed by atoms with E-state index in [4.69, 9.17) is 4.74 Å². The molecule has 2 atom stereocenters. The van der Waals surface area contributed by atoms with Gasteiger partial charge in [-0.2, -0.15) is 0 Å². The van der Waals surface area contributed by atoms with E-state index in [9.17, 15) is 0 Å². The highest BCUT2D eigenvalue weighted by molar-refractivity contribution is 5.42. The molecule has 0 aromatic heterocycles. The molecule has 2 unspecified atom stereocenters. The van der Waals surface area contributed by atoms with Crippen LogP contribution in [-0.2, 0) is 6.42 Å². The zero-order valence-corrected chi connectivity index (χ0v) is 13.6. The maximum absolute atomic E-state index is 5.41. The molecule has 0 amide bonds. The van der Waals surface area contributed by atoms with Crippen molar-refractivity contribution in [3.63, 3.8) is 0 Å². The van der Waals surface area contributed by atoms with E-state index in [0.717, 1.165) is 18.1 Å². The maximum Gasteiger partial charge on any atom is 0.119 e. The van der Waals surface area contributed by atoms with Gasteiger partial charge >= 0.3 is 0 Å². The van der Waals surface area contributed by atoms with E-state index in [1.54, 1.807) is 7.11 Å². The molecule has 0 bridgehead atoms. The van der Waals surface area contributed by atoms with E-state index in [1.807, 2.05) is 0 Å². The first-order valence-corrected chi connectivity index (χ1v) is 8.35. The van der Waals surface area contributed by atoms with Crippen LogP contribution in [0.25, 0.3) is 0 Å². The zero-order chi connectivity index (χ0) is 14.8. The molecule has 0 saturated heterocycles. The third-order valence-electron chi connectivity index (χ3n) is 4.98. The van der Waals surface area contributed by atoms with Gasteiger partial charge in [0.05, 0.1) is 7.11 Å². The van der Waals surface area contributed by atoms with Crippen LogP contribution in [0.2, 0.25) is 0 Å². The summed E-state index contributed by atoms with van der Waals surface area (Å²) >= 11 is 0. The Balaban J connectivity index is 1.82. The number of hydrogen-bond acceptors (Lipinski definition) is 3. The van der Waals surface area contributed by atoms with Crippen molar-refractivity contribution in [1.82, 2.24) is 10.2 Å². The molecular formula is C18H28N2O. The van der Waals surface area contributed by atoms with Crippen molar-refractivity contribution in [1.29, 1.82) is 0 Å². The summed E-state index contributed by atoms with van der Waals surface area (Å²) in [6, 6.07) is 7.59. The predicted octanol–water partition coefficient (Wildman–Crippen LogP) is 3.00. The van der Waals surface area contributed by atoms with Crippen LogP contribution in [0.5, 0.6) is 5.75 Å². The highest BCUT2D eigenvalue weighted by Crippen LogP contribution is 2.38. The second-order valence-electron chi connectivity index (χ2n) is 6.54. The van der Waals surface area contributed by atoms with Crippen molar-refractivity contribution in [2.75, 3.05) is 27.2 Å². The highest BCUT2D eigenvalue weighted by atomic mass is 16.5. The predicted molar refractivity (Wildman–Crippen MR) is 86.9 cm³/mol. The van der Waals surface area contributed by atoms with Crippen LogP contribution in [0, 0.1) is 5.92 Å². The van der Waals surface area contributed by atoms with Gasteiger partial charge in [0.1, 0.15) is 5.75 Å². The van der Waals surface area contributed by atoms with Crippen LogP contribution in [0.15, 0.2) is 18.2 Å². The van der Waals surface area contributed by atoms with Gasteiger partial charge in [-0.1, -0.05) is 13.0 Å². The van der Waals surface area contributed by atoms with Crippen LogP contribution in [-0.4, -0.2) is 38.2 Å². The van der Waals surface area contributed by atoms with Crippen molar-refractivity contribution in [3.05, 3.63) is 29.3 Å². The number of hydrogen-bond donors (Lipinski definition) is 1. The molecule has 0 radical (unpaired) electrons. The first kappa shape index (κ1) is 14.9. The molecule has 1 aromatic carbocycles. The summed E-state index contributed by atoms with van der Waals surface area (Å²) in [6.45, 7) is 4.78. The SMILES string of the molecule is CCCN(CC1CC1)C1Cc2ccc(OC)cc2C1NC. The lowest BCUT2D eigenvalue weighted by molar-refractivity contribution is 0.162. The average Bonchev–Trinajstić information content (AvgIpc) is 3.24. The van der Waals surface area contributed by atoms with Crippen molar-refractivity contribution >= 4 is 0 Å². The summed E-state index contributed by atoms with van der Waals surface area (Å²) in [6.07, 6.45) is 5.26. The number of fused-ring (bicyclic) bond motifs is 1. The Bertz CT molecular complexity index is 484. The molecule has 116 valence electrons. The Hall–Kier alpha value is -1.06. The number of methoxy groups -OCH3 is 1. The summed E-state index contributed by atoms with van der Waals surface area (Å²) in [5, 5.41) is 3.56. The van der Waals surface area contributed by atoms with Crippen LogP contribution < -0.4 is 10.1 Å². The minimum Gasteiger partial charge on any atom is -0.497 e. The number of rotatable bonds is 7. The second kappa shape index (κ2) is 6.37. The van der Waals surface area contributed by atoms with E-state index in [0.29, 0.717) is 12.1 Å². The van der Waals surface area contributed by atoms with Crippen LogP contribution in [0.4, 0.5) is 0 Å². The molecule has 3 rings (SSSR count). The fraction of sp³-hybridized carbons (Fsp3) is 0.667. The van der Waals surface area contributed by atoms with Crippen molar-refractivity contribution < 1.29 is 4.74 Å². The largest absolute Gasteiger partial charge is 0.497 e. The smallest absolute Gasteiger partial charge is 0.119 e. The quantitative estimate of drug-likeness (QED) is 0.835. The third kappa shape index (κ3) is 3.09. The molecule has 3 heteroatoms. The van der Waals surface area contributed by atoms with Gasteiger partial charge in [0.2, 0.25) is 0 Å². The summed E-state index contributed by atoms with van der Waals surface area (Å²) in [4.78, 5) is 2.73. The van der Waals surface area contributed by atoms with E-state index in [1.165, 1.54) is 43.5 Å². The van der Waals surface area contributed by atoms with Crippen LogP contribution in [0.1, 0.15) is 43.4 Å². The maximum atomic E-state index is 5.41. The molecule has 3 nitrogen and oxygen atoms in total. The van der Waals surface area contributed by atoms with E-state index in [-0.39, 0.29) is 0 Å². The molecular weight excluding hydrogens is 260 g/mol. The molecule has 2 aliphatic rings. The lowest BCUT2D eigenvalue weighted by Gasteiger charge is -2.33. The summed E-state index contributed by atoms with van der Waals surface area (Å²) in [7, 11) is 3.84. The first-order valence-electron chi connectivity index (χ1n) is 8.35. The first-order chi connectivity index (χ1) is 10.3. The van der Waals surface area contributed by atoms with Gasteiger partial charge in [-0.05, 0) is 68.5 Å². The van der Waals surface area contributed by atoms with Crippen LogP contribution >= 0.6 is 0 Å². The Morgan fingerprint density at radius 1 is 1.33 bits per heavy atom. The standard InChI is InChI=1S/C18H28N2O/c1-4-9-20(12-13-5-6-13)17-10-14-7-8-15(21-3)11-16(14)18(17)19-2/h7-8,11,13,17-19H,4-6,9-10,12H2,1-3H3. The fourth-order valence-electron chi connectivity index (χ4n) is 3.73. The van der Waals surface area contributed by atoms with E-state index in [2.05, 4.69) is 42.4 Å². The van der Waals surface area contributed by atoms with Crippen molar-refractivity contribution in [3.8, 4) is 5.75 Å². The molecule has 0 aliphatic heterocycles. The molecule has 21 heavy (non-hydrogen) atoms. The van der Waals surface area contributed by atoms with E-state index < -0.39 is 0 Å².